The van der Waals surface area contributed by atoms with E-state index in [1.54, 1.807) is 35.6 Å². The molecule has 30 heavy (non-hydrogen) atoms. The number of piperidine rings is 1. The van der Waals surface area contributed by atoms with Crippen molar-refractivity contribution in [2.45, 2.75) is 49.8 Å². The van der Waals surface area contributed by atoms with Crippen LogP contribution in [0.1, 0.15) is 50.5 Å². The van der Waals surface area contributed by atoms with Gasteiger partial charge in [-0.2, -0.15) is 0 Å². The minimum atomic E-state index is -3.41. The van der Waals surface area contributed by atoms with Crippen molar-refractivity contribution in [1.29, 1.82) is 0 Å². The molecule has 2 aromatic carbocycles. The number of benzene rings is 2. The van der Waals surface area contributed by atoms with Crippen LogP contribution in [0.25, 0.3) is 0 Å². The van der Waals surface area contributed by atoms with Gasteiger partial charge in [0.15, 0.2) is 0 Å². The van der Waals surface area contributed by atoms with Gasteiger partial charge in [0.2, 0.25) is 10.0 Å². The zero-order valence-electron chi connectivity index (χ0n) is 18.4. The normalized spacial score (nSPS) is 17.3. The van der Waals surface area contributed by atoms with Gasteiger partial charge in [0.25, 0.3) is 0 Å². The molecule has 1 atom stereocenters. The van der Waals surface area contributed by atoms with Crippen LogP contribution in [0.2, 0.25) is 0 Å². The molecule has 3 rings (SSSR count). The maximum Gasteiger partial charge on any atom is 0.242 e. The number of likely N-dealkylation sites (tertiary alicyclic amines) is 1. The zero-order valence-corrected chi connectivity index (χ0v) is 19.2. The summed E-state index contributed by atoms with van der Waals surface area (Å²) < 4.78 is 27.3. The van der Waals surface area contributed by atoms with Crippen molar-refractivity contribution >= 4 is 10.0 Å². The number of hydrogen-bond acceptors (Lipinski definition) is 3. The lowest BCUT2D eigenvalue weighted by Gasteiger charge is -2.33. The molecule has 4 nitrogen and oxygen atoms in total. The zero-order chi connectivity index (χ0) is 21.4. The van der Waals surface area contributed by atoms with Crippen LogP contribution in [-0.4, -0.2) is 50.8 Å². The van der Waals surface area contributed by atoms with E-state index in [1.807, 2.05) is 6.07 Å². The average molecular weight is 429 g/mol. The second-order valence-corrected chi connectivity index (χ2v) is 10.6. The van der Waals surface area contributed by atoms with Crippen LogP contribution >= 0.6 is 0 Å². The third-order valence-electron chi connectivity index (χ3n) is 6.38. The monoisotopic (exact) mass is 428 g/mol. The van der Waals surface area contributed by atoms with E-state index in [-0.39, 0.29) is 0 Å². The van der Waals surface area contributed by atoms with E-state index in [0.29, 0.717) is 23.3 Å². The fourth-order valence-electron chi connectivity index (χ4n) is 4.55. The van der Waals surface area contributed by atoms with Crippen molar-refractivity contribution in [3.05, 3.63) is 66.2 Å². The van der Waals surface area contributed by atoms with E-state index in [9.17, 15) is 8.42 Å². The number of nitrogens with zero attached hydrogens (tertiary/aromatic N) is 2. The van der Waals surface area contributed by atoms with Gasteiger partial charge in [-0.25, -0.2) is 12.7 Å². The Morgan fingerprint density at radius 2 is 1.57 bits per heavy atom. The Bertz CT molecular complexity index is 847. The van der Waals surface area contributed by atoms with Crippen molar-refractivity contribution in [1.82, 2.24) is 9.21 Å². The van der Waals surface area contributed by atoms with Crippen molar-refractivity contribution < 1.29 is 8.42 Å². The quantitative estimate of drug-likeness (QED) is 0.535. The Morgan fingerprint density at radius 1 is 0.967 bits per heavy atom. The fraction of sp³-hybridized carbons (Fsp3) is 0.520. The molecule has 2 aromatic rings. The van der Waals surface area contributed by atoms with Gasteiger partial charge in [0.1, 0.15) is 0 Å². The van der Waals surface area contributed by atoms with Gasteiger partial charge in [-0.05, 0) is 74.8 Å². The Hall–Kier alpha value is -1.69. The first-order chi connectivity index (χ1) is 14.5. The number of hydrogen-bond donors (Lipinski definition) is 0. The summed E-state index contributed by atoms with van der Waals surface area (Å²) in [6, 6.07) is 19.6. The molecular formula is C25H36N2O2S. The highest BCUT2D eigenvalue weighted by Gasteiger charge is 2.25. The van der Waals surface area contributed by atoms with E-state index in [0.717, 1.165) is 38.9 Å². The SMILES string of the molecule is CCCC(CCN1CCC(c2ccccc2)CC1)CN(C)S(=O)(=O)c1ccccc1. The molecule has 1 aliphatic heterocycles. The molecule has 0 bridgehead atoms. The topological polar surface area (TPSA) is 40.6 Å². The van der Waals surface area contributed by atoms with Crippen LogP contribution in [0.4, 0.5) is 0 Å². The highest BCUT2D eigenvalue weighted by Crippen LogP contribution is 2.28. The van der Waals surface area contributed by atoms with Gasteiger partial charge in [-0.3, -0.25) is 0 Å². The molecule has 0 radical (unpaired) electrons. The lowest BCUT2D eigenvalue weighted by Crippen LogP contribution is -2.36. The summed E-state index contributed by atoms with van der Waals surface area (Å²) in [6.07, 6.45) is 5.63. The van der Waals surface area contributed by atoms with Gasteiger partial charge in [-0.1, -0.05) is 61.9 Å². The molecule has 1 heterocycles. The highest BCUT2D eigenvalue weighted by atomic mass is 32.2. The molecule has 0 N–H and O–H groups in total. The van der Waals surface area contributed by atoms with Crippen LogP contribution < -0.4 is 0 Å². The second kappa shape index (κ2) is 11.1. The third-order valence-corrected chi connectivity index (χ3v) is 8.21. The summed E-state index contributed by atoms with van der Waals surface area (Å²) in [4.78, 5) is 2.94. The molecule has 0 spiro atoms. The molecule has 0 amide bonds. The van der Waals surface area contributed by atoms with Crippen LogP contribution in [0, 0.1) is 5.92 Å². The van der Waals surface area contributed by atoms with Crippen LogP contribution in [0.15, 0.2) is 65.6 Å². The minimum absolute atomic E-state index is 0.380. The summed E-state index contributed by atoms with van der Waals surface area (Å²) in [7, 11) is -1.70. The molecule has 164 valence electrons. The van der Waals surface area contributed by atoms with Gasteiger partial charge < -0.3 is 4.90 Å². The number of sulfonamides is 1. The first-order valence-corrected chi connectivity index (χ1v) is 12.7. The van der Waals surface area contributed by atoms with Crippen molar-refractivity contribution in [2.75, 3.05) is 33.2 Å². The first-order valence-electron chi connectivity index (χ1n) is 11.3. The molecule has 0 aromatic heterocycles. The van der Waals surface area contributed by atoms with E-state index < -0.39 is 10.0 Å². The highest BCUT2D eigenvalue weighted by molar-refractivity contribution is 7.89. The summed E-state index contributed by atoms with van der Waals surface area (Å²) in [5.41, 5.74) is 1.47. The van der Waals surface area contributed by atoms with Gasteiger partial charge >= 0.3 is 0 Å². The average Bonchev–Trinajstić information content (AvgIpc) is 2.79. The molecule has 0 aliphatic carbocycles. The van der Waals surface area contributed by atoms with Crippen LogP contribution in [-0.2, 0) is 10.0 Å². The van der Waals surface area contributed by atoms with E-state index in [2.05, 4.69) is 42.2 Å². The van der Waals surface area contributed by atoms with Crippen molar-refractivity contribution in [3.63, 3.8) is 0 Å². The summed E-state index contributed by atoms with van der Waals surface area (Å²) >= 11 is 0. The predicted octanol–water partition coefficient (Wildman–Crippen LogP) is 4.99. The Morgan fingerprint density at radius 3 is 2.17 bits per heavy atom. The molecule has 1 aliphatic rings. The molecule has 1 fully saturated rings. The molecule has 1 saturated heterocycles. The maximum absolute atomic E-state index is 12.9. The Labute approximate surface area is 183 Å². The van der Waals surface area contributed by atoms with Gasteiger partial charge in [0, 0.05) is 13.6 Å². The third kappa shape index (κ3) is 6.16. The summed E-state index contributed by atoms with van der Waals surface area (Å²) in [5.74, 6) is 1.07. The summed E-state index contributed by atoms with van der Waals surface area (Å²) in [5, 5.41) is 0. The Balaban J connectivity index is 1.50. The standard InChI is InChI=1S/C25H36N2O2S/c1-3-10-22(21-26(2)30(28,29)25-13-8-5-9-14-25)15-18-27-19-16-24(17-20-27)23-11-6-4-7-12-23/h4-9,11-14,22,24H,3,10,15-21H2,1-2H3. The first kappa shape index (κ1) is 23.0. The molecule has 0 saturated carbocycles. The minimum Gasteiger partial charge on any atom is -0.303 e. The van der Waals surface area contributed by atoms with Gasteiger partial charge in [0.05, 0.1) is 4.90 Å². The van der Waals surface area contributed by atoms with E-state index >= 15 is 0 Å². The second-order valence-electron chi connectivity index (χ2n) is 8.57. The molecule has 5 heteroatoms. The van der Waals surface area contributed by atoms with Gasteiger partial charge in [-0.15, -0.1) is 0 Å². The maximum atomic E-state index is 12.9. The largest absolute Gasteiger partial charge is 0.303 e. The van der Waals surface area contributed by atoms with E-state index in [1.165, 1.54) is 18.4 Å². The smallest absolute Gasteiger partial charge is 0.242 e. The predicted molar refractivity (Wildman–Crippen MR) is 124 cm³/mol. The van der Waals surface area contributed by atoms with Crippen molar-refractivity contribution in [2.24, 2.45) is 5.92 Å². The molecular weight excluding hydrogens is 392 g/mol. The van der Waals surface area contributed by atoms with E-state index in [4.69, 9.17) is 0 Å². The molecule has 1 unspecified atom stereocenters. The van der Waals surface area contributed by atoms with Crippen LogP contribution in [0.3, 0.4) is 0 Å². The lowest BCUT2D eigenvalue weighted by molar-refractivity contribution is 0.191. The fourth-order valence-corrected chi connectivity index (χ4v) is 5.82. The summed E-state index contributed by atoms with van der Waals surface area (Å²) in [6.45, 7) is 6.11. The van der Waals surface area contributed by atoms with Crippen molar-refractivity contribution in [3.8, 4) is 0 Å². The number of rotatable bonds is 10. The lowest BCUT2D eigenvalue weighted by atomic mass is 9.89. The van der Waals surface area contributed by atoms with Crippen LogP contribution in [0.5, 0.6) is 0 Å². The Kier molecular flexibility index (Phi) is 8.49.